The van der Waals surface area contributed by atoms with E-state index in [2.05, 4.69) is 10.4 Å². The van der Waals surface area contributed by atoms with Crippen LogP contribution in [0.5, 0.6) is 5.75 Å². The molecule has 0 aliphatic heterocycles. The molecule has 6 nitrogen and oxygen atoms in total. The van der Waals surface area contributed by atoms with Crippen LogP contribution in [-0.4, -0.2) is 28.8 Å². The molecule has 1 N–H and O–H groups in total. The highest BCUT2D eigenvalue weighted by molar-refractivity contribution is 5.96. The lowest BCUT2D eigenvalue weighted by Gasteiger charge is -2.11. The molecule has 0 aliphatic carbocycles. The molecule has 0 radical (unpaired) electrons. The van der Waals surface area contributed by atoms with Gasteiger partial charge in [0, 0.05) is 18.2 Å². The van der Waals surface area contributed by atoms with Crippen molar-refractivity contribution < 1.29 is 9.53 Å². The third-order valence-corrected chi connectivity index (χ3v) is 3.98. The summed E-state index contributed by atoms with van der Waals surface area (Å²) in [5.41, 5.74) is 1.90. The van der Waals surface area contributed by atoms with Crippen molar-refractivity contribution in [3.8, 4) is 17.0 Å². The predicted octanol–water partition coefficient (Wildman–Crippen LogP) is 2.74. The van der Waals surface area contributed by atoms with E-state index in [0.717, 1.165) is 5.56 Å². The molecule has 0 spiro atoms. The Labute approximate surface area is 157 Å². The van der Waals surface area contributed by atoms with Gasteiger partial charge in [0.1, 0.15) is 5.75 Å². The number of ether oxygens (including phenoxy) is 1. The fraction of sp³-hybridized carbons (Fsp3) is 0.190. The first kappa shape index (κ1) is 18.4. The molecule has 0 atom stereocenters. The highest BCUT2D eigenvalue weighted by atomic mass is 16.5. The van der Waals surface area contributed by atoms with E-state index in [0.29, 0.717) is 23.6 Å². The van der Waals surface area contributed by atoms with Crippen molar-refractivity contribution in [2.75, 3.05) is 13.2 Å². The summed E-state index contributed by atoms with van der Waals surface area (Å²) < 4.78 is 6.84. The van der Waals surface area contributed by atoms with Crippen LogP contribution in [0.25, 0.3) is 11.3 Å². The Morgan fingerprint density at radius 3 is 2.56 bits per heavy atom. The summed E-state index contributed by atoms with van der Waals surface area (Å²) in [6.07, 6.45) is 0. The zero-order valence-electron chi connectivity index (χ0n) is 15.1. The zero-order chi connectivity index (χ0) is 19.1. The topological polar surface area (TPSA) is 73.2 Å². The molecule has 0 unspecified atom stereocenters. The van der Waals surface area contributed by atoms with Gasteiger partial charge >= 0.3 is 0 Å². The summed E-state index contributed by atoms with van der Waals surface area (Å²) in [4.78, 5) is 24.5. The number of amides is 1. The van der Waals surface area contributed by atoms with Gasteiger partial charge in [0.2, 0.25) is 0 Å². The minimum Gasteiger partial charge on any atom is -0.493 e. The van der Waals surface area contributed by atoms with Crippen molar-refractivity contribution in [1.82, 2.24) is 15.1 Å². The van der Waals surface area contributed by atoms with Gasteiger partial charge in [0.05, 0.1) is 24.4 Å². The van der Waals surface area contributed by atoms with Crippen LogP contribution in [0.15, 0.2) is 71.5 Å². The standard InChI is InChI=1S/C21H21N3O3/c1-2-27-19-11-7-6-10-17(19)21(26)22-14-15-24-20(25)13-12-18(23-24)16-8-4-3-5-9-16/h3-13H,2,14-15H2,1H3,(H,22,26). The lowest BCUT2D eigenvalue weighted by Crippen LogP contribution is -2.32. The van der Waals surface area contributed by atoms with Crippen molar-refractivity contribution in [3.63, 3.8) is 0 Å². The number of aromatic nitrogens is 2. The summed E-state index contributed by atoms with van der Waals surface area (Å²) >= 11 is 0. The average Bonchev–Trinajstić information content (AvgIpc) is 2.70. The van der Waals surface area contributed by atoms with Gasteiger partial charge in [-0.3, -0.25) is 9.59 Å². The van der Waals surface area contributed by atoms with Crippen LogP contribution >= 0.6 is 0 Å². The van der Waals surface area contributed by atoms with Gasteiger partial charge in [-0.15, -0.1) is 0 Å². The first-order valence-electron chi connectivity index (χ1n) is 8.82. The van der Waals surface area contributed by atoms with E-state index in [1.54, 1.807) is 24.3 Å². The van der Waals surface area contributed by atoms with Crippen LogP contribution in [0.4, 0.5) is 0 Å². The fourth-order valence-corrected chi connectivity index (χ4v) is 2.68. The third kappa shape index (κ3) is 4.61. The number of hydrogen-bond donors (Lipinski definition) is 1. The molecule has 1 heterocycles. The molecule has 3 rings (SSSR count). The molecule has 1 aromatic heterocycles. The lowest BCUT2D eigenvalue weighted by atomic mass is 10.1. The first-order chi connectivity index (χ1) is 13.2. The number of nitrogens with one attached hydrogen (secondary N) is 1. The second-order valence-corrected chi connectivity index (χ2v) is 5.83. The molecule has 6 heteroatoms. The van der Waals surface area contributed by atoms with Gasteiger partial charge in [0.25, 0.3) is 11.5 Å². The molecule has 0 aliphatic rings. The van der Waals surface area contributed by atoms with E-state index in [1.165, 1.54) is 10.7 Å². The minimum atomic E-state index is -0.244. The molecule has 3 aromatic rings. The number of para-hydroxylation sites is 1. The maximum absolute atomic E-state index is 12.4. The van der Waals surface area contributed by atoms with Crippen molar-refractivity contribution in [3.05, 3.63) is 82.6 Å². The van der Waals surface area contributed by atoms with Crippen LogP contribution in [-0.2, 0) is 6.54 Å². The van der Waals surface area contributed by atoms with Crippen LogP contribution in [0.3, 0.4) is 0 Å². The fourth-order valence-electron chi connectivity index (χ4n) is 2.68. The van der Waals surface area contributed by atoms with E-state index in [1.807, 2.05) is 43.3 Å². The number of carbonyl (C=O) groups excluding carboxylic acids is 1. The van der Waals surface area contributed by atoms with E-state index in [-0.39, 0.29) is 24.6 Å². The summed E-state index contributed by atoms with van der Waals surface area (Å²) in [7, 11) is 0. The van der Waals surface area contributed by atoms with Crippen LogP contribution < -0.4 is 15.6 Å². The summed E-state index contributed by atoms with van der Waals surface area (Å²) in [5, 5.41) is 7.20. The highest BCUT2D eigenvalue weighted by Crippen LogP contribution is 2.17. The number of carbonyl (C=O) groups is 1. The Morgan fingerprint density at radius 2 is 1.78 bits per heavy atom. The van der Waals surface area contributed by atoms with Gasteiger partial charge in [-0.25, -0.2) is 4.68 Å². The summed E-state index contributed by atoms with van der Waals surface area (Å²) in [6, 6.07) is 19.9. The Balaban J connectivity index is 1.67. The number of hydrogen-bond acceptors (Lipinski definition) is 4. The van der Waals surface area contributed by atoms with Gasteiger partial charge < -0.3 is 10.1 Å². The molecular formula is C21H21N3O3. The van der Waals surface area contributed by atoms with E-state index >= 15 is 0 Å². The largest absolute Gasteiger partial charge is 0.493 e. The van der Waals surface area contributed by atoms with Gasteiger partial charge in [-0.2, -0.15) is 5.10 Å². The zero-order valence-corrected chi connectivity index (χ0v) is 15.1. The highest BCUT2D eigenvalue weighted by Gasteiger charge is 2.11. The number of benzene rings is 2. The Kier molecular flexibility index (Phi) is 5.99. The van der Waals surface area contributed by atoms with Crippen LogP contribution in [0, 0.1) is 0 Å². The average molecular weight is 363 g/mol. The van der Waals surface area contributed by atoms with E-state index in [9.17, 15) is 9.59 Å². The first-order valence-corrected chi connectivity index (χ1v) is 8.82. The van der Waals surface area contributed by atoms with E-state index in [4.69, 9.17) is 4.74 Å². The van der Waals surface area contributed by atoms with E-state index < -0.39 is 0 Å². The molecule has 0 fully saturated rings. The Hall–Kier alpha value is -3.41. The van der Waals surface area contributed by atoms with Crippen LogP contribution in [0.2, 0.25) is 0 Å². The molecule has 1 amide bonds. The second kappa shape index (κ2) is 8.80. The van der Waals surface area contributed by atoms with Crippen molar-refractivity contribution in [2.45, 2.75) is 13.5 Å². The minimum absolute atomic E-state index is 0.210. The second-order valence-electron chi connectivity index (χ2n) is 5.83. The van der Waals surface area contributed by atoms with Gasteiger partial charge in [0.15, 0.2) is 0 Å². The molecule has 0 bridgehead atoms. The Morgan fingerprint density at radius 1 is 1.04 bits per heavy atom. The summed E-state index contributed by atoms with van der Waals surface area (Å²) in [6.45, 7) is 2.91. The van der Waals surface area contributed by atoms with Crippen molar-refractivity contribution >= 4 is 5.91 Å². The van der Waals surface area contributed by atoms with Crippen molar-refractivity contribution in [1.29, 1.82) is 0 Å². The summed E-state index contributed by atoms with van der Waals surface area (Å²) in [5.74, 6) is 0.296. The molecule has 138 valence electrons. The molecule has 0 saturated heterocycles. The normalized spacial score (nSPS) is 10.4. The molecule has 27 heavy (non-hydrogen) atoms. The SMILES string of the molecule is CCOc1ccccc1C(=O)NCCn1nc(-c2ccccc2)ccc1=O. The van der Waals surface area contributed by atoms with Crippen molar-refractivity contribution in [2.24, 2.45) is 0 Å². The van der Waals surface area contributed by atoms with Gasteiger partial charge in [-0.05, 0) is 25.1 Å². The quantitative estimate of drug-likeness (QED) is 0.700. The van der Waals surface area contributed by atoms with Crippen LogP contribution in [0.1, 0.15) is 17.3 Å². The monoisotopic (exact) mass is 363 g/mol. The smallest absolute Gasteiger partial charge is 0.266 e. The number of rotatable bonds is 7. The third-order valence-electron chi connectivity index (χ3n) is 3.98. The number of nitrogens with zero attached hydrogens (tertiary/aromatic N) is 2. The molecular weight excluding hydrogens is 342 g/mol. The molecule has 2 aromatic carbocycles. The molecule has 0 saturated carbocycles. The predicted molar refractivity (Wildman–Crippen MR) is 104 cm³/mol. The maximum atomic E-state index is 12.4. The maximum Gasteiger partial charge on any atom is 0.266 e. The Bertz CT molecular complexity index is 968. The van der Waals surface area contributed by atoms with Gasteiger partial charge in [-0.1, -0.05) is 42.5 Å². The lowest BCUT2D eigenvalue weighted by molar-refractivity contribution is 0.0948.